The summed E-state index contributed by atoms with van der Waals surface area (Å²) in [5.41, 5.74) is 3.41. The topological polar surface area (TPSA) is 64.1 Å². The van der Waals surface area contributed by atoms with Crippen molar-refractivity contribution in [2.75, 3.05) is 6.54 Å². The number of hydrogen-bond acceptors (Lipinski definition) is 3. The van der Waals surface area contributed by atoms with Crippen LogP contribution in [0.25, 0.3) is 0 Å². The average Bonchev–Trinajstić information content (AvgIpc) is 2.63. The third-order valence-electron chi connectivity index (χ3n) is 2.28. The minimum atomic E-state index is -4.38. The number of hydrogen-bond donors (Lipinski definition) is 2. The molecule has 4 nitrogen and oxygen atoms in total. The molecular formula is C9H14F3N3O. The largest absolute Gasteiger partial charge is 0.419 e. The molecule has 0 aliphatic rings. The fourth-order valence-corrected chi connectivity index (χ4v) is 1.09. The summed E-state index contributed by atoms with van der Waals surface area (Å²) in [6.07, 6.45) is -2.46. The van der Waals surface area contributed by atoms with E-state index in [0.717, 1.165) is 17.1 Å². The molecule has 1 unspecified atom stereocenters. The Morgan fingerprint density at radius 1 is 1.50 bits per heavy atom. The summed E-state index contributed by atoms with van der Waals surface area (Å²) in [7, 11) is 0. The zero-order valence-corrected chi connectivity index (χ0v) is 8.83. The van der Waals surface area contributed by atoms with E-state index in [1.807, 2.05) is 0 Å². The van der Waals surface area contributed by atoms with Gasteiger partial charge in [0.1, 0.15) is 0 Å². The van der Waals surface area contributed by atoms with Crippen molar-refractivity contribution in [3.8, 4) is 0 Å². The normalized spacial score (nSPS) is 16.1. The Bertz CT molecular complexity index is 346. The van der Waals surface area contributed by atoms with Crippen molar-refractivity contribution in [2.24, 2.45) is 5.73 Å². The zero-order valence-electron chi connectivity index (χ0n) is 8.83. The maximum Gasteiger partial charge on any atom is 0.419 e. The third-order valence-corrected chi connectivity index (χ3v) is 2.28. The van der Waals surface area contributed by atoms with Gasteiger partial charge in [-0.3, -0.25) is 4.68 Å². The molecule has 1 aromatic heterocycles. The molecule has 0 aliphatic heterocycles. The molecule has 7 heteroatoms. The van der Waals surface area contributed by atoms with Crippen LogP contribution in [0.3, 0.4) is 0 Å². The van der Waals surface area contributed by atoms with Gasteiger partial charge in [0, 0.05) is 19.3 Å². The van der Waals surface area contributed by atoms with Gasteiger partial charge in [-0.2, -0.15) is 18.3 Å². The monoisotopic (exact) mass is 237 g/mol. The Labute approximate surface area is 90.9 Å². The quantitative estimate of drug-likeness (QED) is 0.821. The SMILES string of the molecule is CC(O)(CN)CCn1cc(C(F)(F)F)cn1. The standard InChI is InChI=1S/C9H14F3N3O/c1-8(16,6-13)2-3-15-5-7(4-14-15)9(10,11)12/h4-5,16H,2-3,6,13H2,1H3. The number of aryl methyl sites for hydroxylation is 1. The average molecular weight is 237 g/mol. The summed E-state index contributed by atoms with van der Waals surface area (Å²) in [6, 6.07) is 0. The van der Waals surface area contributed by atoms with Crippen molar-refractivity contribution >= 4 is 0 Å². The van der Waals surface area contributed by atoms with Gasteiger partial charge >= 0.3 is 6.18 Å². The van der Waals surface area contributed by atoms with Gasteiger partial charge in [-0.1, -0.05) is 0 Å². The van der Waals surface area contributed by atoms with Crippen LogP contribution in [0.1, 0.15) is 18.9 Å². The molecule has 92 valence electrons. The molecule has 0 saturated heterocycles. The number of aliphatic hydroxyl groups is 1. The van der Waals surface area contributed by atoms with Crippen molar-refractivity contribution in [3.63, 3.8) is 0 Å². The Kier molecular flexibility index (Phi) is 3.59. The van der Waals surface area contributed by atoms with Gasteiger partial charge in [0.15, 0.2) is 0 Å². The molecule has 0 fully saturated rings. The van der Waals surface area contributed by atoms with E-state index in [1.54, 1.807) is 0 Å². The van der Waals surface area contributed by atoms with Crippen LogP contribution in [-0.4, -0.2) is 27.0 Å². The highest BCUT2D eigenvalue weighted by atomic mass is 19.4. The number of alkyl halides is 3. The molecule has 1 rings (SSSR count). The summed E-state index contributed by atoms with van der Waals surface area (Å²) in [6.45, 7) is 1.78. The lowest BCUT2D eigenvalue weighted by Crippen LogP contribution is -2.35. The summed E-state index contributed by atoms with van der Waals surface area (Å²) in [4.78, 5) is 0. The summed E-state index contributed by atoms with van der Waals surface area (Å²) >= 11 is 0. The molecule has 0 radical (unpaired) electrons. The van der Waals surface area contributed by atoms with Crippen molar-refractivity contribution in [3.05, 3.63) is 18.0 Å². The first-order valence-electron chi connectivity index (χ1n) is 4.77. The number of nitrogens with zero attached hydrogens (tertiary/aromatic N) is 2. The number of nitrogens with two attached hydrogens (primary N) is 1. The molecule has 1 aromatic rings. The van der Waals surface area contributed by atoms with Crippen LogP contribution in [0.2, 0.25) is 0 Å². The first-order chi connectivity index (χ1) is 7.24. The third kappa shape index (κ3) is 3.49. The van der Waals surface area contributed by atoms with E-state index in [-0.39, 0.29) is 19.5 Å². The Hall–Kier alpha value is -1.08. The fraction of sp³-hybridized carbons (Fsp3) is 0.667. The van der Waals surface area contributed by atoms with Gasteiger partial charge in [-0.15, -0.1) is 0 Å². The summed E-state index contributed by atoms with van der Waals surface area (Å²) in [5, 5.41) is 13.1. The van der Waals surface area contributed by atoms with E-state index in [0.29, 0.717) is 0 Å². The highest BCUT2D eigenvalue weighted by molar-refractivity contribution is 5.08. The van der Waals surface area contributed by atoms with Crippen LogP contribution in [-0.2, 0) is 12.7 Å². The Morgan fingerprint density at radius 3 is 2.56 bits per heavy atom. The minimum absolute atomic E-state index is 0.0559. The van der Waals surface area contributed by atoms with Crippen LogP contribution in [0, 0.1) is 0 Å². The highest BCUT2D eigenvalue weighted by Crippen LogP contribution is 2.28. The smallest absolute Gasteiger partial charge is 0.389 e. The summed E-state index contributed by atoms with van der Waals surface area (Å²) < 4.78 is 37.8. The molecule has 1 atom stereocenters. The first kappa shape index (κ1) is 13.0. The van der Waals surface area contributed by atoms with Crippen molar-refractivity contribution < 1.29 is 18.3 Å². The van der Waals surface area contributed by atoms with Gasteiger partial charge < -0.3 is 10.8 Å². The zero-order chi connectivity index (χ0) is 12.4. The van der Waals surface area contributed by atoms with E-state index in [4.69, 9.17) is 5.73 Å². The van der Waals surface area contributed by atoms with E-state index in [1.165, 1.54) is 6.92 Å². The predicted octanol–water partition coefficient (Wildman–Crippen LogP) is 1.00. The maximum absolute atomic E-state index is 12.2. The van der Waals surface area contributed by atoms with Crippen LogP contribution in [0.5, 0.6) is 0 Å². The van der Waals surface area contributed by atoms with Gasteiger partial charge in [-0.25, -0.2) is 0 Å². The molecule has 0 amide bonds. The van der Waals surface area contributed by atoms with Crippen molar-refractivity contribution in [2.45, 2.75) is 31.7 Å². The Balaban J connectivity index is 2.60. The van der Waals surface area contributed by atoms with E-state index in [2.05, 4.69) is 5.10 Å². The number of rotatable bonds is 4. The van der Waals surface area contributed by atoms with Gasteiger partial charge in [-0.05, 0) is 13.3 Å². The number of halogens is 3. The lowest BCUT2D eigenvalue weighted by Gasteiger charge is -2.20. The first-order valence-corrected chi connectivity index (χ1v) is 4.77. The molecule has 3 N–H and O–H groups in total. The van der Waals surface area contributed by atoms with Gasteiger partial charge in [0.05, 0.1) is 17.4 Å². The molecule has 0 bridgehead atoms. The van der Waals surface area contributed by atoms with Crippen LogP contribution in [0.4, 0.5) is 13.2 Å². The van der Waals surface area contributed by atoms with Crippen LogP contribution < -0.4 is 5.73 Å². The van der Waals surface area contributed by atoms with Gasteiger partial charge in [0.2, 0.25) is 0 Å². The van der Waals surface area contributed by atoms with Crippen molar-refractivity contribution in [1.29, 1.82) is 0 Å². The van der Waals surface area contributed by atoms with Gasteiger partial charge in [0.25, 0.3) is 0 Å². The molecule has 0 aromatic carbocycles. The Morgan fingerprint density at radius 2 is 2.12 bits per heavy atom. The molecule has 0 spiro atoms. The molecule has 0 saturated carbocycles. The lowest BCUT2D eigenvalue weighted by atomic mass is 10.0. The second-order valence-corrected chi connectivity index (χ2v) is 3.94. The summed E-state index contributed by atoms with van der Waals surface area (Å²) in [5.74, 6) is 0. The van der Waals surface area contributed by atoms with Crippen LogP contribution >= 0.6 is 0 Å². The molecule has 1 heterocycles. The predicted molar refractivity (Wildman–Crippen MR) is 51.5 cm³/mol. The molecule has 16 heavy (non-hydrogen) atoms. The highest BCUT2D eigenvalue weighted by Gasteiger charge is 2.32. The van der Waals surface area contributed by atoms with E-state index in [9.17, 15) is 18.3 Å². The van der Waals surface area contributed by atoms with Crippen LogP contribution in [0.15, 0.2) is 12.4 Å². The minimum Gasteiger partial charge on any atom is -0.389 e. The van der Waals surface area contributed by atoms with Crippen molar-refractivity contribution in [1.82, 2.24) is 9.78 Å². The fourth-order valence-electron chi connectivity index (χ4n) is 1.09. The number of aromatic nitrogens is 2. The molecular weight excluding hydrogens is 223 g/mol. The van der Waals surface area contributed by atoms with E-state index < -0.39 is 17.3 Å². The molecule has 0 aliphatic carbocycles. The maximum atomic E-state index is 12.2. The lowest BCUT2D eigenvalue weighted by molar-refractivity contribution is -0.137. The van der Waals surface area contributed by atoms with E-state index >= 15 is 0 Å². The second kappa shape index (κ2) is 4.42. The second-order valence-electron chi connectivity index (χ2n) is 3.94.